The summed E-state index contributed by atoms with van der Waals surface area (Å²) in [7, 11) is 0. The third kappa shape index (κ3) is 3.81. The fourth-order valence-electron chi connectivity index (χ4n) is 2.03. The van der Waals surface area contributed by atoms with Gasteiger partial charge in [-0.2, -0.15) is 0 Å². The summed E-state index contributed by atoms with van der Waals surface area (Å²) in [4.78, 5) is 22.0. The molecule has 3 atom stereocenters. The molecule has 0 aromatic heterocycles. The zero-order chi connectivity index (χ0) is 12.1. The lowest BCUT2D eigenvalue weighted by molar-refractivity contribution is -0.141. The van der Waals surface area contributed by atoms with Crippen molar-refractivity contribution in [3.8, 4) is 0 Å². The highest BCUT2D eigenvalue weighted by molar-refractivity contribution is 5.83. The molecule has 5 heteroatoms. The average molecular weight is 229 g/mol. The number of nitrogens with one attached hydrogen (secondary N) is 1. The molecule has 1 saturated carbocycles. The molecule has 0 spiro atoms. The SMILES string of the molecule is C[C@@H](NC(=O)C[C@@H]1CCCC[C@H]1O)C(=O)O. The van der Waals surface area contributed by atoms with Crippen LogP contribution in [0.2, 0.25) is 0 Å². The van der Waals surface area contributed by atoms with Gasteiger partial charge in [0.1, 0.15) is 6.04 Å². The normalized spacial score (nSPS) is 27.1. The molecule has 92 valence electrons. The van der Waals surface area contributed by atoms with Crippen LogP contribution in [-0.4, -0.2) is 34.2 Å². The third-order valence-electron chi connectivity index (χ3n) is 3.06. The second kappa shape index (κ2) is 5.84. The molecule has 0 aliphatic heterocycles. The lowest BCUT2D eigenvalue weighted by atomic mass is 9.84. The molecule has 16 heavy (non-hydrogen) atoms. The first-order chi connectivity index (χ1) is 7.50. The van der Waals surface area contributed by atoms with Crippen LogP contribution in [0.4, 0.5) is 0 Å². The molecule has 3 N–H and O–H groups in total. The summed E-state index contributed by atoms with van der Waals surface area (Å²) in [5, 5.41) is 20.7. The van der Waals surface area contributed by atoms with Crippen molar-refractivity contribution in [3.05, 3.63) is 0 Å². The minimum absolute atomic E-state index is 0.0188. The molecular weight excluding hydrogens is 210 g/mol. The first kappa shape index (κ1) is 13.0. The van der Waals surface area contributed by atoms with Crippen LogP contribution in [0.3, 0.4) is 0 Å². The summed E-state index contributed by atoms with van der Waals surface area (Å²) >= 11 is 0. The highest BCUT2D eigenvalue weighted by Gasteiger charge is 2.26. The van der Waals surface area contributed by atoms with E-state index in [1.165, 1.54) is 6.92 Å². The Bertz CT molecular complexity index is 267. The van der Waals surface area contributed by atoms with E-state index < -0.39 is 18.1 Å². The van der Waals surface area contributed by atoms with Gasteiger partial charge >= 0.3 is 5.97 Å². The lowest BCUT2D eigenvalue weighted by Crippen LogP contribution is -2.40. The predicted octanol–water partition coefficient (Wildman–Crippen LogP) is 0.517. The Labute approximate surface area is 94.8 Å². The van der Waals surface area contributed by atoms with Gasteiger partial charge in [0.25, 0.3) is 0 Å². The maximum atomic E-state index is 11.5. The minimum atomic E-state index is -1.04. The second-order valence-corrected chi connectivity index (χ2v) is 4.44. The van der Waals surface area contributed by atoms with Crippen molar-refractivity contribution in [3.63, 3.8) is 0 Å². The van der Waals surface area contributed by atoms with Gasteiger partial charge in [-0.3, -0.25) is 9.59 Å². The summed E-state index contributed by atoms with van der Waals surface area (Å²) in [6.45, 7) is 1.43. The van der Waals surface area contributed by atoms with Gasteiger partial charge in [-0.1, -0.05) is 12.8 Å². The number of hydrogen-bond acceptors (Lipinski definition) is 3. The Morgan fingerprint density at radius 1 is 1.38 bits per heavy atom. The summed E-state index contributed by atoms with van der Waals surface area (Å²) in [6.07, 6.45) is 3.43. The molecule has 0 aromatic rings. The Kier molecular flexibility index (Phi) is 4.73. The number of aliphatic hydroxyl groups is 1. The number of rotatable bonds is 4. The maximum Gasteiger partial charge on any atom is 0.325 e. The van der Waals surface area contributed by atoms with E-state index in [-0.39, 0.29) is 18.2 Å². The summed E-state index contributed by atoms with van der Waals surface area (Å²) in [6, 6.07) is -0.867. The van der Waals surface area contributed by atoms with Crippen molar-refractivity contribution in [2.45, 2.75) is 51.2 Å². The van der Waals surface area contributed by atoms with Gasteiger partial charge in [-0.05, 0) is 25.7 Å². The number of carbonyl (C=O) groups excluding carboxylic acids is 1. The standard InChI is InChI=1S/C11H19NO4/c1-7(11(15)16)12-10(14)6-8-4-2-3-5-9(8)13/h7-9,13H,2-6H2,1H3,(H,12,14)(H,15,16)/t7-,8+,9-/m1/s1. The van der Waals surface area contributed by atoms with Crippen LogP contribution in [0.25, 0.3) is 0 Å². The quantitative estimate of drug-likeness (QED) is 0.655. The van der Waals surface area contributed by atoms with Crippen molar-refractivity contribution in [2.24, 2.45) is 5.92 Å². The van der Waals surface area contributed by atoms with Crippen molar-refractivity contribution >= 4 is 11.9 Å². The van der Waals surface area contributed by atoms with Gasteiger partial charge in [0.15, 0.2) is 0 Å². The highest BCUT2D eigenvalue weighted by Crippen LogP contribution is 2.26. The molecule has 5 nitrogen and oxygen atoms in total. The fraction of sp³-hybridized carbons (Fsp3) is 0.818. The van der Waals surface area contributed by atoms with E-state index in [4.69, 9.17) is 5.11 Å². The molecule has 0 bridgehead atoms. The van der Waals surface area contributed by atoms with Crippen molar-refractivity contribution < 1.29 is 19.8 Å². The number of aliphatic hydroxyl groups excluding tert-OH is 1. The molecule has 0 saturated heterocycles. The number of aliphatic carboxylic acids is 1. The van der Waals surface area contributed by atoms with Crippen LogP contribution >= 0.6 is 0 Å². The molecule has 1 aliphatic carbocycles. The van der Waals surface area contributed by atoms with Gasteiger partial charge in [-0.15, -0.1) is 0 Å². The predicted molar refractivity (Wildman–Crippen MR) is 57.8 cm³/mol. The molecule has 1 fully saturated rings. The first-order valence-electron chi connectivity index (χ1n) is 5.71. The van der Waals surface area contributed by atoms with Crippen molar-refractivity contribution in [1.82, 2.24) is 5.32 Å². The minimum Gasteiger partial charge on any atom is -0.480 e. The van der Waals surface area contributed by atoms with Gasteiger partial charge in [-0.25, -0.2) is 0 Å². The van der Waals surface area contributed by atoms with E-state index in [1.54, 1.807) is 0 Å². The van der Waals surface area contributed by atoms with E-state index in [9.17, 15) is 14.7 Å². The van der Waals surface area contributed by atoms with Gasteiger partial charge in [0, 0.05) is 6.42 Å². The number of carbonyl (C=O) groups is 2. The van der Waals surface area contributed by atoms with Gasteiger partial charge in [0.05, 0.1) is 6.10 Å². The number of carboxylic acids is 1. The van der Waals surface area contributed by atoms with E-state index >= 15 is 0 Å². The van der Waals surface area contributed by atoms with E-state index in [2.05, 4.69) is 5.32 Å². The topological polar surface area (TPSA) is 86.6 Å². The second-order valence-electron chi connectivity index (χ2n) is 4.44. The average Bonchev–Trinajstić information content (AvgIpc) is 2.21. The molecule has 0 heterocycles. The van der Waals surface area contributed by atoms with Gasteiger partial charge in [0.2, 0.25) is 5.91 Å². The largest absolute Gasteiger partial charge is 0.480 e. The van der Waals surface area contributed by atoms with E-state index in [1.807, 2.05) is 0 Å². The third-order valence-corrected chi connectivity index (χ3v) is 3.06. The summed E-state index contributed by atoms with van der Waals surface area (Å²) in [5.74, 6) is -1.35. The first-order valence-corrected chi connectivity index (χ1v) is 5.71. The molecule has 0 radical (unpaired) electrons. The van der Waals surface area contributed by atoms with Crippen LogP contribution < -0.4 is 5.32 Å². The molecule has 1 aliphatic rings. The Morgan fingerprint density at radius 3 is 2.56 bits per heavy atom. The molecule has 1 amide bonds. The Morgan fingerprint density at radius 2 is 2.00 bits per heavy atom. The number of hydrogen-bond donors (Lipinski definition) is 3. The summed E-state index contributed by atoms with van der Waals surface area (Å²) < 4.78 is 0. The highest BCUT2D eigenvalue weighted by atomic mass is 16.4. The van der Waals surface area contributed by atoms with E-state index in [0.29, 0.717) is 0 Å². The Hall–Kier alpha value is -1.10. The summed E-state index contributed by atoms with van der Waals surface area (Å²) in [5.41, 5.74) is 0. The van der Waals surface area contributed by atoms with Crippen LogP contribution in [0.1, 0.15) is 39.0 Å². The number of amides is 1. The maximum absolute atomic E-state index is 11.5. The monoisotopic (exact) mass is 229 g/mol. The van der Waals surface area contributed by atoms with Crippen molar-refractivity contribution in [2.75, 3.05) is 0 Å². The van der Waals surface area contributed by atoms with Crippen molar-refractivity contribution in [1.29, 1.82) is 0 Å². The van der Waals surface area contributed by atoms with Crippen LogP contribution in [-0.2, 0) is 9.59 Å². The Balaban J connectivity index is 2.35. The number of carboxylic acid groups (broad SMARTS) is 1. The lowest BCUT2D eigenvalue weighted by Gasteiger charge is -2.27. The zero-order valence-corrected chi connectivity index (χ0v) is 9.48. The smallest absolute Gasteiger partial charge is 0.325 e. The molecular formula is C11H19NO4. The molecule has 1 rings (SSSR count). The van der Waals surface area contributed by atoms with Crippen LogP contribution in [0, 0.1) is 5.92 Å². The van der Waals surface area contributed by atoms with Crippen LogP contribution in [0.15, 0.2) is 0 Å². The van der Waals surface area contributed by atoms with E-state index in [0.717, 1.165) is 25.7 Å². The van der Waals surface area contributed by atoms with Gasteiger partial charge < -0.3 is 15.5 Å². The van der Waals surface area contributed by atoms with Crippen LogP contribution in [0.5, 0.6) is 0 Å². The molecule has 0 aromatic carbocycles. The zero-order valence-electron chi connectivity index (χ0n) is 9.48. The molecule has 0 unspecified atom stereocenters. The fourth-order valence-corrected chi connectivity index (χ4v) is 2.03.